The van der Waals surface area contributed by atoms with Crippen molar-refractivity contribution in [2.24, 2.45) is 0 Å². The molecule has 0 saturated heterocycles. The highest BCUT2D eigenvalue weighted by Crippen LogP contribution is 2.20. The average molecular weight is 358 g/mol. The van der Waals surface area contributed by atoms with Gasteiger partial charge in [-0.3, -0.25) is 9.00 Å². The third-order valence-corrected chi connectivity index (χ3v) is 5.09. The highest BCUT2D eigenvalue weighted by atomic mass is 79.9. The van der Waals surface area contributed by atoms with Crippen molar-refractivity contribution in [1.82, 2.24) is 0 Å². The van der Waals surface area contributed by atoms with Crippen LogP contribution in [0.5, 0.6) is 0 Å². The monoisotopic (exact) mass is 356 g/mol. The minimum atomic E-state index is -1.36. The second kappa shape index (κ2) is 6.46. The van der Waals surface area contributed by atoms with Gasteiger partial charge in [-0.05, 0) is 52.3 Å². The van der Waals surface area contributed by atoms with Gasteiger partial charge >= 0.3 is 0 Å². The maximum absolute atomic E-state index is 12.2. The molecule has 2 aromatic carbocycles. The summed E-state index contributed by atoms with van der Waals surface area (Å²) in [7, 11) is -1.36. The Hall–Kier alpha value is -0.970. The average Bonchev–Trinajstić information content (AvgIpc) is 2.39. The van der Waals surface area contributed by atoms with Gasteiger partial charge in [-0.1, -0.05) is 23.7 Å². The Morgan fingerprint density at radius 2 is 1.74 bits per heavy atom. The molecular weight excluding hydrogens is 348 g/mol. The van der Waals surface area contributed by atoms with Gasteiger partial charge in [0, 0.05) is 15.1 Å². The third kappa shape index (κ3) is 3.75. The van der Waals surface area contributed by atoms with Crippen LogP contribution in [-0.2, 0) is 10.8 Å². The first kappa shape index (κ1) is 14.4. The van der Waals surface area contributed by atoms with Crippen LogP contribution >= 0.6 is 27.5 Å². The van der Waals surface area contributed by atoms with Gasteiger partial charge in [0.1, 0.15) is 0 Å². The van der Waals surface area contributed by atoms with E-state index in [9.17, 15) is 9.00 Å². The molecule has 0 fully saturated rings. The van der Waals surface area contributed by atoms with E-state index in [1.54, 1.807) is 42.5 Å². The van der Waals surface area contributed by atoms with Crippen molar-refractivity contribution in [1.29, 1.82) is 0 Å². The quantitative estimate of drug-likeness (QED) is 0.772. The van der Waals surface area contributed by atoms with Gasteiger partial charge in [-0.2, -0.15) is 0 Å². The number of hydrogen-bond donors (Lipinski definition) is 0. The number of ketones is 1. The molecule has 0 heterocycles. The van der Waals surface area contributed by atoms with E-state index < -0.39 is 10.8 Å². The lowest BCUT2D eigenvalue weighted by Crippen LogP contribution is -2.11. The van der Waals surface area contributed by atoms with E-state index >= 15 is 0 Å². The van der Waals surface area contributed by atoms with Gasteiger partial charge in [0.05, 0.1) is 21.4 Å². The highest BCUT2D eigenvalue weighted by molar-refractivity contribution is 9.10. The van der Waals surface area contributed by atoms with Crippen molar-refractivity contribution in [3.8, 4) is 0 Å². The smallest absolute Gasteiger partial charge is 0.175 e. The number of halogens is 2. The first-order valence-corrected chi connectivity index (χ1v) is 7.98. The normalized spacial score (nSPS) is 12.1. The van der Waals surface area contributed by atoms with E-state index in [0.717, 1.165) is 4.47 Å². The molecule has 0 amide bonds. The highest BCUT2D eigenvalue weighted by Gasteiger charge is 2.14. The molecule has 19 heavy (non-hydrogen) atoms. The fourth-order valence-electron chi connectivity index (χ4n) is 1.55. The van der Waals surface area contributed by atoms with Gasteiger partial charge in [-0.15, -0.1) is 0 Å². The molecule has 0 N–H and O–H groups in total. The van der Waals surface area contributed by atoms with E-state index in [2.05, 4.69) is 15.9 Å². The van der Waals surface area contributed by atoms with Gasteiger partial charge in [0.15, 0.2) is 5.78 Å². The second-order valence-electron chi connectivity index (χ2n) is 3.85. The molecule has 0 bridgehead atoms. The molecule has 0 aliphatic heterocycles. The van der Waals surface area contributed by atoms with Crippen LogP contribution in [0.2, 0.25) is 5.02 Å². The fourth-order valence-corrected chi connectivity index (χ4v) is 3.57. The minimum absolute atomic E-state index is 0.0375. The minimum Gasteiger partial charge on any atom is -0.293 e. The first-order valence-electron chi connectivity index (χ1n) is 5.49. The Morgan fingerprint density at radius 1 is 1.11 bits per heavy atom. The Labute approximate surface area is 127 Å². The largest absolute Gasteiger partial charge is 0.293 e. The van der Waals surface area contributed by atoms with E-state index in [0.29, 0.717) is 15.5 Å². The predicted octanol–water partition coefficient (Wildman–Crippen LogP) is 4.09. The molecule has 2 nitrogen and oxygen atoms in total. The van der Waals surface area contributed by atoms with Crippen molar-refractivity contribution < 1.29 is 9.00 Å². The number of hydrogen-bond acceptors (Lipinski definition) is 2. The summed E-state index contributed by atoms with van der Waals surface area (Å²) in [6.07, 6.45) is 0. The summed E-state index contributed by atoms with van der Waals surface area (Å²) in [5.74, 6) is -0.199. The fraction of sp³-hybridized carbons (Fsp3) is 0.0714. The van der Waals surface area contributed by atoms with Crippen molar-refractivity contribution >= 4 is 44.1 Å². The zero-order valence-corrected chi connectivity index (χ0v) is 13.0. The van der Waals surface area contributed by atoms with Crippen LogP contribution in [0.1, 0.15) is 10.4 Å². The molecule has 0 aliphatic rings. The molecule has 2 rings (SSSR count). The molecule has 0 aromatic heterocycles. The molecular formula is C14H10BrClO2S. The summed E-state index contributed by atoms with van der Waals surface area (Å²) in [6.45, 7) is 0. The van der Waals surface area contributed by atoms with Gasteiger partial charge in [-0.25, -0.2) is 0 Å². The van der Waals surface area contributed by atoms with Crippen molar-refractivity contribution in [2.75, 3.05) is 5.75 Å². The predicted molar refractivity (Wildman–Crippen MR) is 81.2 cm³/mol. The maximum atomic E-state index is 12.2. The number of benzene rings is 2. The van der Waals surface area contributed by atoms with E-state index in [1.807, 2.05) is 6.07 Å². The Balaban J connectivity index is 2.13. The molecule has 1 unspecified atom stereocenters. The lowest BCUT2D eigenvalue weighted by Gasteiger charge is -2.04. The summed E-state index contributed by atoms with van der Waals surface area (Å²) in [5.41, 5.74) is 0.518. The van der Waals surface area contributed by atoms with Crippen LogP contribution in [0.25, 0.3) is 0 Å². The van der Waals surface area contributed by atoms with Crippen molar-refractivity contribution in [3.05, 3.63) is 63.6 Å². The lowest BCUT2D eigenvalue weighted by atomic mass is 10.1. The molecule has 98 valence electrons. The molecule has 0 aliphatic carbocycles. The third-order valence-electron chi connectivity index (χ3n) is 2.51. The summed E-state index contributed by atoms with van der Waals surface area (Å²) < 4.78 is 12.9. The van der Waals surface area contributed by atoms with Crippen LogP contribution in [0, 0.1) is 0 Å². The number of carbonyl (C=O) groups excluding carboxylic acids is 1. The van der Waals surface area contributed by atoms with Crippen molar-refractivity contribution in [2.45, 2.75) is 4.90 Å². The summed E-state index contributed by atoms with van der Waals surface area (Å²) in [5, 5.41) is 0.573. The molecule has 1 atom stereocenters. The zero-order chi connectivity index (χ0) is 13.8. The van der Waals surface area contributed by atoms with E-state index in [-0.39, 0.29) is 11.5 Å². The second-order valence-corrected chi connectivity index (χ2v) is 6.56. The lowest BCUT2D eigenvalue weighted by molar-refractivity contribution is 0.102. The van der Waals surface area contributed by atoms with Gasteiger partial charge < -0.3 is 0 Å². The Bertz CT molecular complexity index is 626. The van der Waals surface area contributed by atoms with Gasteiger partial charge in [0.2, 0.25) is 0 Å². The zero-order valence-electron chi connectivity index (χ0n) is 9.81. The first-order chi connectivity index (χ1) is 9.08. The van der Waals surface area contributed by atoms with Crippen LogP contribution in [-0.4, -0.2) is 15.7 Å². The molecule has 5 heteroatoms. The number of Topliss-reactive ketones (excluding diaryl/α,β-unsaturated/α-hetero) is 1. The summed E-state index contributed by atoms with van der Waals surface area (Å²) >= 11 is 9.09. The summed E-state index contributed by atoms with van der Waals surface area (Å²) in [6, 6.07) is 13.8. The van der Waals surface area contributed by atoms with Crippen molar-refractivity contribution in [3.63, 3.8) is 0 Å². The Kier molecular flexibility index (Phi) is 4.91. The maximum Gasteiger partial charge on any atom is 0.175 e. The Morgan fingerprint density at radius 3 is 2.37 bits per heavy atom. The van der Waals surface area contributed by atoms with Crippen LogP contribution in [0.3, 0.4) is 0 Å². The summed E-state index contributed by atoms with van der Waals surface area (Å²) in [4.78, 5) is 12.6. The van der Waals surface area contributed by atoms with Crippen LogP contribution in [0.15, 0.2) is 57.9 Å². The molecule has 0 saturated carbocycles. The number of carbonyl (C=O) groups is 1. The van der Waals surface area contributed by atoms with E-state index in [4.69, 9.17) is 11.6 Å². The molecule has 0 spiro atoms. The SMILES string of the molecule is O=C(CS(=O)c1ccccc1Br)c1ccc(Cl)cc1. The van der Waals surface area contributed by atoms with Crippen LogP contribution in [0.4, 0.5) is 0 Å². The number of rotatable bonds is 4. The van der Waals surface area contributed by atoms with Gasteiger partial charge in [0.25, 0.3) is 0 Å². The van der Waals surface area contributed by atoms with Crippen LogP contribution < -0.4 is 0 Å². The standard InChI is InChI=1S/C14H10BrClO2S/c15-12-3-1-2-4-14(12)19(18)9-13(17)10-5-7-11(16)8-6-10/h1-8H,9H2. The molecule has 0 radical (unpaired) electrons. The molecule has 2 aromatic rings. The topological polar surface area (TPSA) is 34.1 Å². The van der Waals surface area contributed by atoms with E-state index in [1.165, 1.54) is 0 Å².